The van der Waals surface area contributed by atoms with Crippen LogP contribution in [0.25, 0.3) is 0 Å². The molecule has 0 amide bonds. The van der Waals surface area contributed by atoms with Crippen molar-refractivity contribution in [2.24, 2.45) is 0 Å². The van der Waals surface area contributed by atoms with Gasteiger partial charge in [-0.2, -0.15) is 10.5 Å². The number of nitriles is 3. The van der Waals surface area contributed by atoms with E-state index in [1.54, 1.807) is 24.3 Å². The molecule has 0 spiro atoms. The maximum atomic E-state index is 8.40. The Morgan fingerprint density at radius 3 is 1.75 bits per heavy atom. The molecular weight excluding hydrogens is 150 g/mol. The van der Waals surface area contributed by atoms with Gasteiger partial charge in [0.25, 0.3) is 0 Å². The maximum Gasteiger partial charge on any atom is 0.0992 e. The summed E-state index contributed by atoms with van der Waals surface area (Å²) in [6.45, 7) is 3.50. The van der Waals surface area contributed by atoms with E-state index in [-0.39, 0.29) is 0 Å². The van der Waals surface area contributed by atoms with Gasteiger partial charge in [0.15, 0.2) is 0 Å². The molecular formula is C9H5N3. The Labute approximate surface area is 70.7 Å². The van der Waals surface area contributed by atoms with Gasteiger partial charge in [0.05, 0.1) is 23.3 Å². The third-order valence-corrected chi connectivity index (χ3v) is 1.12. The highest BCUT2D eigenvalue weighted by Gasteiger charge is 1.90. The van der Waals surface area contributed by atoms with Crippen LogP contribution in [0.5, 0.6) is 0 Å². The Bertz CT molecular complexity index is 323. The lowest BCUT2D eigenvalue weighted by Gasteiger charge is -1.86. The third kappa shape index (κ3) is 2.52. The highest BCUT2D eigenvalue weighted by atomic mass is 14.2. The molecule has 0 radical (unpaired) electrons. The van der Waals surface area contributed by atoms with Crippen molar-refractivity contribution in [3.8, 4) is 18.7 Å². The first kappa shape index (κ1) is 9.69. The van der Waals surface area contributed by atoms with Crippen molar-refractivity contribution in [3.63, 3.8) is 0 Å². The quantitative estimate of drug-likeness (QED) is 0.570. The van der Waals surface area contributed by atoms with Crippen molar-refractivity contribution in [3.05, 3.63) is 35.4 Å². The summed E-state index contributed by atoms with van der Waals surface area (Å²) in [6.07, 6.45) is 0. The highest BCUT2D eigenvalue weighted by molar-refractivity contribution is 5.38. The third-order valence-electron chi connectivity index (χ3n) is 1.12. The summed E-state index contributed by atoms with van der Waals surface area (Å²) < 4.78 is 0. The van der Waals surface area contributed by atoms with Crippen LogP contribution < -0.4 is 0 Å². The second kappa shape index (κ2) is 5.47. The lowest BCUT2D eigenvalue weighted by atomic mass is 10.2. The Balaban J connectivity index is 0.000000561. The molecule has 0 saturated carbocycles. The summed E-state index contributed by atoms with van der Waals surface area (Å²) >= 11 is 0. The number of rotatable bonds is 0. The van der Waals surface area contributed by atoms with Crippen LogP contribution in [0.4, 0.5) is 0 Å². The van der Waals surface area contributed by atoms with Crippen LogP contribution in [0.3, 0.4) is 0 Å². The second-order valence-electron chi connectivity index (χ2n) is 1.80. The molecule has 3 nitrogen and oxygen atoms in total. The first-order valence-electron chi connectivity index (χ1n) is 3.03. The minimum Gasteiger partial charge on any atom is -0.202 e. The van der Waals surface area contributed by atoms with Crippen LogP contribution in [-0.4, -0.2) is 0 Å². The van der Waals surface area contributed by atoms with E-state index in [4.69, 9.17) is 15.8 Å². The normalized spacial score (nSPS) is 6.67. The molecule has 12 heavy (non-hydrogen) atoms. The molecule has 0 aliphatic heterocycles. The fraction of sp³-hybridized carbons (Fsp3) is 0. The molecule has 1 rings (SSSR count). The maximum absolute atomic E-state index is 8.40. The Morgan fingerprint density at radius 1 is 1.00 bits per heavy atom. The molecule has 0 saturated heterocycles. The van der Waals surface area contributed by atoms with Crippen molar-refractivity contribution in [1.82, 2.24) is 0 Å². The van der Waals surface area contributed by atoms with Gasteiger partial charge in [0, 0.05) is 6.57 Å². The SMILES string of the molecule is C#N.N#Cc1cccc(C#N)c1. The highest BCUT2D eigenvalue weighted by Crippen LogP contribution is 2.01. The van der Waals surface area contributed by atoms with Crippen LogP contribution in [0.1, 0.15) is 11.1 Å². The van der Waals surface area contributed by atoms with E-state index in [2.05, 4.69) is 6.57 Å². The van der Waals surface area contributed by atoms with E-state index in [1.807, 2.05) is 12.1 Å². The molecule has 1 aromatic rings. The molecule has 0 unspecified atom stereocenters. The summed E-state index contributed by atoms with van der Waals surface area (Å²) in [5, 5.41) is 23.3. The molecule has 0 aliphatic carbocycles. The summed E-state index contributed by atoms with van der Waals surface area (Å²) in [5.41, 5.74) is 1.05. The average molecular weight is 155 g/mol. The van der Waals surface area contributed by atoms with Gasteiger partial charge in [0.1, 0.15) is 0 Å². The van der Waals surface area contributed by atoms with Crippen molar-refractivity contribution in [2.45, 2.75) is 0 Å². The smallest absolute Gasteiger partial charge is 0.0992 e. The lowest BCUT2D eigenvalue weighted by molar-refractivity contribution is 1.45. The zero-order valence-electron chi connectivity index (χ0n) is 6.23. The van der Waals surface area contributed by atoms with Crippen molar-refractivity contribution < 1.29 is 0 Å². The zero-order chi connectivity index (χ0) is 9.40. The molecule has 0 fully saturated rings. The van der Waals surface area contributed by atoms with Gasteiger partial charge in [-0.15, -0.1) is 0 Å². The molecule has 3 heteroatoms. The van der Waals surface area contributed by atoms with Crippen molar-refractivity contribution in [1.29, 1.82) is 15.8 Å². The summed E-state index contributed by atoms with van der Waals surface area (Å²) in [4.78, 5) is 0. The van der Waals surface area contributed by atoms with Gasteiger partial charge in [-0.3, -0.25) is 0 Å². The van der Waals surface area contributed by atoms with Crippen LogP contribution in [0.2, 0.25) is 0 Å². The molecule has 0 atom stereocenters. The summed E-state index contributed by atoms with van der Waals surface area (Å²) in [5.74, 6) is 0. The number of hydrogen-bond donors (Lipinski definition) is 0. The summed E-state index contributed by atoms with van der Waals surface area (Å²) in [6, 6.07) is 10.5. The monoisotopic (exact) mass is 155 g/mol. The van der Waals surface area contributed by atoms with E-state index in [1.165, 1.54) is 0 Å². The number of benzene rings is 1. The fourth-order valence-corrected chi connectivity index (χ4v) is 0.658. The van der Waals surface area contributed by atoms with E-state index < -0.39 is 0 Å². The average Bonchev–Trinajstić information content (AvgIpc) is 2.21. The lowest BCUT2D eigenvalue weighted by Crippen LogP contribution is -1.75. The molecule has 0 aliphatic rings. The van der Waals surface area contributed by atoms with E-state index >= 15 is 0 Å². The molecule has 0 heterocycles. The molecule has 0 bridgehead atoms. The Morgan fingerprint density at radius 2 is 1.42 bits per heavy atom. The van der Waals surface area contributed by atoms with Crippen LogP contribution in [-0.2, 0) is 0 Å². The predicted molar refractivity (Wildman–Crippen MR) is 42.5 cm³/mol. The molecule has 56 valence electrons. The minimum absolute atomic E-state index is 0.527. The minimum atomic E-state index is 0.527. The first-order valence-corrected chi connectivity index (χ1v) is 3.03. The van der Waals surface area contributed by atoms with E-state index in [0.29, 0.717) is 11.1 Å². The Hall–Kier alpha value is -2.31. The summed E-state index contributed by atoms with van der Waals surface area (Å²) in [7, 11) is 0. The number of hydrogen-bond acceptors (Lipinski definition) is 3. The molecule has 0 N–H and O–H groups in total. The van der Waals surface area contributed by atoms with Gasteiger partial charge >= 0.3 is 0 Å². The van der Waals surface area contributed by atoms with Crippen LogP contribution in [0, 0.1) is 34.5 Å². The number of nitrogens with zero attached hydrogens (tertiary/aromatic N) is 3. The van der Waals surface area contributed by atoms with Gasteiger partial charge in [-0.05, 0) is 18.2 Å². The van der Waals surface area contributed by atoms with Gasteiger partial charge in [-0.25, -0.2) is 5.26 Å². The second-order valence-corrected chi connectivity index (χ2v) is 1.80. The van der Waals surface area contributed by atoms with Crippen LogP contribution >= 0.6 is 0 Å². The van der Waals surface area contributed by atoms with Gasteiger partial charge < -0.3 is 0 Å². The van der Waals surface area contributed by atoms with Crippen molar-refractivity contribution >= 4 is 0 Å². The molecule has 1 aromatic carbocycles. The topological polar surface area (TPSA) is 71.4 Å². The largest absolute Gasteiger partial charge is 0.202 e. The Kier molecular flexibility index (Phi) is 4.42. The van der Waals surface area contributed by atoms with Gasteiger partial charge in [0.2, 0.25) is 0 Å². The van der Waals surface area contributed by atoms with Crippen LogP contribution in [0.15, 0.2) is 24.3 Å². The predicted octanol–water partition coefficient (Wildman–Crippen LogP) is 1.57. The zero-order valence-corrected chi connectivity index (χ0v) is 6.23. The van der Waals surface area contributed by atoms with E-state index in [0.717, 1.165) is 0 Å². The molecule has 0 aromatic heterocycles. The van der Waals surface area contributed by atoms with Gasteiger partial charge in [-0.1, -0.05) is 6.07 Å². The van der Waals surface area contributed by atoms with Crippen molar-refractivity contribution in [2.75, 3.05) is 0 Å². The van der Waals surface area contributed by atoms with E-state index in [9.17, 15) is 0 Å². The first-order chi connectivity index (χ1) is 5.86. The standard InChI is InChI=1S/C8H4N2.CHN/c9-5-7-2-1-3-8(4-7)6-10;1-2/h1-4H;1H. The fourth-order valence-electron chi connectivity index (χ4n) is 0.658.